The van der Waals surface area contributed by atoms with Crippen LogP contribution in [0.1, 0.15) is 52.9 Å². The van der Waals surface area contributed by atoms with Gasteiger partial charge in [-0.25, -0.2) is 4.79 Å². The fraction of sp³-hybridized carbons (Fsp3) is 0.727. The number of nitrogens with zero attached hydrogens (tertiary/aromatic N) is 2. The molecule has 4 amide bonds. The summed E-state index contributed by atoms with van der Waals surface area (Å²) in [6.45, 7) is 7.09. The lowest BCUT2D eigenvalue weighted by Gasteiger charge is -2.34. The number of hydrogen-bond donors (Lipinski definition) is 1. The number of rotatable bonds is 6. The molecule has 3 atom stereocenters. The Balaban J connectivity index is 1.65. The second-order valence-corrected chi connectivity index (χ2v) is 8.82. The topological polar surface area (TPSA) is 96.0 Å². The molecule has 1 aliphatic carbocycles. The maximum Gasteiger partial charge on any atom is 0.409 e. The van der Waals surface area contributed by atoms with Gasteiger partial charge in [0.05, 0.1) is 18.4 Å². The summed E-state index contributed by atoms with van der Waals surface area (Å²) >= 11 is 0. The maximum absolute atomic E-state index is 13.2. The van der Waals surface area contributed by atoms with E-state index >= 15 is 0 Å². The molecule has 0 aromatic rings. The highest BCUT2D eigenvalue weighted by Gasteiger charge is 2.51. The molecule has 8 heteroatoms. The van der Waals surface area contributed by atoms with Gasteiger partial charge in [0.25, 0.3) is 0 Å². The van der Waals surface area contributed by atoms with Gasteiger partial charge in [-0.1, -0.05) is 26.0 Å². The van der Waals surface area contributed by atoms with Crippen LogP contribution in [0.5, 0.6) is 0 Å². The lowest BCUT2D eigenvalue weighted by molar-refractivity contribution is -0.148. The highest BCUT2D eigenvalue weighted by Crippen LogP contribution is 2.37. The van der Waals surface area contributed by atoms with Crippen molar-refractivity contribution < 1.29 is 23.9 Å². The van der Waals surface area contributed by atoms with Crippen LogP contribution < -0.4 is 5.32 Å². The molecular weight excluding hydrogens is 386 g/mol. The van der Waals surface area contributed by atoms with E-state index in [-0.39, 0.29) is 47.6 Å². The van der Waals surface area contributed by atoms with Crippen molar-refractivity contribution in [3.63, 3.8) is 0 Å². The molecular formula is C22H33N3O5. The molecule has 0 aromatic heterocycles. The highest BCUT2D eigenvalue weighted by molar-refractivity contribution is 6.08. The number of piperidine rings is 1. The summed E-state index contributed by atoms with van der Waals surface area (Å²) in [7, 11) is 0. The number of carbonyl (C=O) groups is 4. The van der Waals surface area contributed by atoms with Crippen LogP contribution in [-0.4, -0.2) is 65.4 Å². The molecule has 0 spiro atoms. The molecule has 2 heterocycles. The summed E-state index contributed by atoms with van der Waals surface area (Å²) in [5.74, 6) is -1.21. The van der Waals surface area contributed by atoms with E-state index < -0.39 is 6.04 Å². The molecule has 0 aromatic carbocycles. The number of likely N-dealkylation sites (tertiary alicyclic amines) is 2. The van der Waals surface area contributed by atoms with Crippen molar-refractivity contribution in [2.75, 3.05) is 19.7 Å². The average Bonchev–Trinajstić information content (AvgIpc) is 2.97. The lowest BCUT2D eigenvalue weighted by Crippen LogP contribution is -2.54. The largest absolute Gasteiger partial charge is 0.450 e. The molecule has 0 bridgehead atoms. The van der Waals surface area contributed by atoms with Crippen molar-refractivity contribution in [3.05, 3.63) is 12.2 Å². The van der Waals surface area contributed by atoms with Crippen molar-refractivity contribution in [2.45, 2.75) is 65.0 Å². The number of fused-ring (bicyclic) bond motifs is 1. The van der Waals surface area contributed by atoms with Crippen molar-refractivity contribution >= 4 is 23.8 Å². The molecule has 3 aliphatic rings. The Kier molecular flexibility index (Phi) is 7.15. The number of imide groups is 1. The minimum atomic E-state index is -0.779. The Morgan fingerprint density at radius 3 is 2.17 bits per heavy atom. The minimum Gasteiger partial charge on any atom is -0.450 e. The molecule has 2 saturated heterocycles. The lowest BCUT2D eigenvalue weighted by atomic mass is 9.85. The van der Waals surface area contributed by atoms with Crippen LogP contribution in [0.2, 0.25) is 0 Å². The summed E-state index contributed by atoms with van der Waals surface area (Å²) in [6.07, 6.45) is 6.38. The first-order valence-corrected chi connectivity index (χ1v) is 11.1. The second-order valence-electron chi connectivity index (χ2n) is 8.82. The van der Waals surface area contributed by atoms with E-state index in [4.69, 9.17) is 4.74 Å². The Hall–Kier alpha value is -2.38. The number of carbonyl (C=O) groups excluding carboxylic acids is 4. The van der Waals surface area contributed by atoms with Gasteiger partial charge in [-0.05, 0) is 44.9 Å². The van der Waals surface area contributed by atoms with Gasteiger partial charge in [-0.3, -0.25) is 19.3 Å². The van der Waals surface area contributed by atoms with E-state index in [9.17, 15) is 19.2 Å². The van der Waals surface area contributed by atoms with E-state index in [1.807, 2.05) is 26.0 Å². The smallest absolute Gasteiger partial charge is 0.409 e. The van der Waals surface area contributed by atoms with Gasteiger partial charge in [0.15, 0.2) is 0 Å². The zero-order valence-corrected chi connectivity index (χ0v) is 18.1. The molecule has 0 radical (unpaired) electrons. The van der Waals surface area contributed by atoms with Gasteiger partial charge in [0.1, 0.15) is 6.04 Å². The molecule has 2 fully saturated rings. The first-order chi connectivity index (χ1) is 14.3. The average molecular weight is 420 g/mol. The van der Waals surface area contributed by atoms with Gasteiger partial charge >= 0.3 is 6.09 Å². The second kappa shape index (κ2) is 9.62. The van der Waals surface area contributed by atoms with Crippen molar-refractivity contribution in [2.24, 2.45) is 17.8 Å². The standard InChI is InChI=1S/C22H33N3O5/c1-4-30-22(29)24-11-9-15(10-12-24)23-19(26)18(13-14(2)3)25-20(27)16-7-5-6-8-17(16)21(25)28/h5-6,14-18H,4,7-13H2,1-3H3,(H,23,26)/t16-,17+,18-/m1/s1. The summed E-state index contributed by atoms with van der Waals surface area (Å²) < 4.78 is 5.03. The van der Waals surface area contributed by atoms with Gasteiger partial charge in [-0.15, -0.1) is 0 Å². The van der Waals surface area contributed by atoms with E-state index in [2.05, 4.69) is 5.32 Å². The Morgan fingerprint density at radius 2 is 1.67 bits per heavy atom. The number of ether oxygens (including phenoxy) is 1. The first-order valence-electron chi connectivity index (χ1n) is 11.1. The fourth-order valence-electron chi connectivity index (χ4n) is 4.63. The van der Waals surface area contributed by atoms with Crippen LogP contribution >= 0.6 is 0 Å². The van der Waals surface area contributed by atoms with E-state index in [0.29, 0.717) is 51.8 Å². The SMILES string of the molecule is CCOC(=O)N1CCC(NC(=O)[C@@H](CC(C)C)N2C(=O)[C@H]3CC=CC[C@H]3C2=O)CC1. The predicted octanol–water partition coefficient (Wildman–Crippen LogP) is 2.09. The normalized spacial score (nSPS) is 25.5. The summed E-state index contributed by atoms with van der Waals surface area (Å²) in [6, 6.07) is -0.867. The van der Waals surface area contributed by atoms with Gasteiger partial charge in [0.2, 0.25) is 17.7 Å². The van der Waals surface area contributed by atoms with Crippen LogP contribution in [0, 0.1) is 17.8 Å². The van der Waals surface area contributed by atoms with E-state index in [1.165, 1.54) is 4.90 Å². The molecule has 8 nitrogen and oxygen atoms in total. The maximum atomic E-state index is 13.2. The Morgan fingerprint density at radius 1 is 1.10 bits per heavy atom. The quantitative estimate of drug-likeness (QED) is 0.525. The van der Waals surface area contributed by atoms with Crippen LogP contribution in [0.4, 0.5) is 4.79 Å². The van der Waals surface area contributed by atoms with E-state index in [1.54, 1.807) is 11.8 Å². The minimum absolute atomic E-state index is 0.0883. The number of nitrogens with one attached hydrogen (secondary N) is 1. The summed E-state index contributed by atoms with van der Waals surface area (Å²) in [5, 5.41) is 3.04. The molecule has 3 rings (SSSR count). The number of amides is 4. The van der Waals surface area contributed by atoms with Crippen LogP contribution in [0.3, 0.4) is 0 Å². The summed E-state index contributed by atoms with van der Waals surface area (Å²) in [4.78, 5) is 53.9. The fourth-order valence-corrected chi connectivity index (χ4v) is 4.63. The third-order valence-electron chi connectivity index (χ3n) is 6.22. The highest BCUT2D eigenvalue weighted by atomic mass is 16.6. The zero-order chi connectivity index (χ0) is 21.8. The molecule has 30 heavy (non-hydrogen) atoms. The molecule has 1 N–H and O–H groups in total. The van der Waals surface area contributed by atoms with Crippen molar-refractivity contribution in [3.8, 4) is 0 Å². The van der Waals surface area contributed by atoms with Crippen molar-refractivity contribution in [1.29, 1.82) is 0 Å². The third-order valence-corrected chi connectivity index (χ3v) is 6.22. The molecule has 166 valence electrons. The molecule has 0 saturated carbocycles. The first kappa shape index (κ1) is 22.3. The monoisotopic (exact) mass is 419 g/mol. The number of hydrogen-bond acceptors (Lipinski definition) is 5. The van der Waals surface area contributed by atoms with Gasteiger partial charge < -0.3 is 15.0 Å². The predicted molar refractivity (Wildman–Crippen MR) is 110 cm³/mol. The summed E-state index contributed by atoms with van der Waals surface area (Å²) in [5.41, 5.74) is 0. The third kappa shape index (κ3) is 4.68. The molecule has 0 unspecified atom stereocenters. The van der Waals surface area contributed by atoms with Crippen LogP contribution in [0.25, 0.3) is 0 Å². The van der Waals surface area contributed by atoms with Crippen LogP contribution in [-0.2, 0) is 19.1 Å². The Bertz CT molecular complexity index is 686. The van der Waals surface area contributed by atoms with Gasteiger partial charge in [-0.2, -0.15) is 0 Å². The zero-order valence-electron chi connectivity index (χ0n) is 18.1. The van der Waals surface area contributed by atoms with E-state index in [0.717, 1.165) is 0 Å². The van der Waals surface area contributed by atoms with Crippen LogP contribution in [0.15, 0.2) is 12.2 Å². The van der Waals surface area contributed by atoms with Gasteiger partial charge in [0, 0.05) is 19.1 Å². The Labute approximate surface area is 178 Å². The molecule has 2 aliphatic heterocycles. The van der Waals surface area contributed by atoms with Crippen molar-refractivity contribution in [1.82, 2.24) is 15.1 Å². The number of allylic oxidation sites excluding steroid dienone is 2.